The van der Waals surface area contributed by atoms with Crippen molar-refractivity contribution in [3.05, 3.63) is 65.7 Å². The maximum Gasteiger partial charge on any atom is 0.269 e. The first-order chi connectivity index (χ1) is 14.7. The fourth-order valence-electron chi connectivity index (χ4n) is 2.92. The number of nitrogens with zero attached hydrogens (tertiary/aromatic N) is 4. The first kappa shape index (κ1) is 19.6. The summed E-state index contributed by atoms with van der Waals surface area (Å²) in [7, 11) is 0. The molecule has 2 heterocycles. The normalized spacial score (nSPS) is 13.6. The molecule has 4 rings (SSSR count). The Bertz CT molecular complexity index is 990. The third-order valence-corrected chi connectivity index (χ3v) is 4.55. The van der Waals surface area contributed by atoms with E-state index in [0.29, 0.717) is 43.8 Å². The molecule has 0 saturated carbocycles. The van der Waals surface area contributed by atoms with Crippen LogP contribution in [-0.4, -0.2) is 47.2 Å². The van der Waals surface area contributed by atoms with Crippen molar-refractivity contribution in [2.45, 2.75) is 6.92 Å². The number of hydrogen-bond acceptors (Lipinski definition) is 8. The van der Waals surface area contributed by atoms with E-state index < -0.39 is 0 Å². The molecular formula is C21H23N7O2. The quantitative estimate of drug-likeness (QED) is 0.538. The second kappa shape index (κ2) is 9.19. The number of nitrogens with one attached hydrogen (secondary N) is 3. The average molecular weight is 405 g/mol. The SMILES string of the molecule is Cc1ccc(C(=O)NNc2nc(Nc3ccccc3)nc(N3CCOCC3)n2)cc1. The van der Waals surface area contributed by atoms with Crippen LogP contribution in [-0.2, 0) is 4.74 Å². The minimum absolute atomic E-state index is 0.241. The molecule has 1 amide bonds. The van der Waals surface area contributed by atoms with Gasteiger partial charge in [-0.15, -0.1) is 0 Å². The number of carbonyl (C=O) groups excluding carboxylic acids is 1. The van der Waals surface area contributed by atoms with Crippen molar-refractivity contribution in [3.8, 4) is 0 Å². The van der Waals surface area contributed by atoms with Gasteiger partial charge in [0.1, 0.15) is 0 Å². The molecule has 0 aliphatic carbocycles. The summed E-state index contributed by atoms with van der Waals surface area (Å²) in [6.07, 6.45) is 0. The van der Waals surface area contributed by atoms with E-state index >= 15 is 0 Å². The van der Waals surface area contributed by atoms with Gasteiger partial charge in [0.15, 0.2) is 0 Å². The average Bonchev–Trinajstić information content (AvgIpc) is 2.79. The summed E-state index contributed by atoms with van der Waals surface area (Å²) >= 11 is 0. The number of carbonyl (C=O) groups is 1. The highest BCUT2D eigenvalue weighted by atomic mass is 16.5. The molecule has 30 heavy (non-hydrogen) atoms. The Balaban J connectivity index is 1.53. The monoisotopic (exact) mass is 405 g/mol. The van der Waals surface area contributed by atoms with E-state index in [1.807, 2.05) is 54.3 Å². The highest BCUT2D eigenvalue weighted by Crippen LogP contribution is 2.18. The van der Waals surface area contributed by atoms with Gasteiger partial charge in [-0.25, -0.2) is 0 Å². The standard InChI is InChI=1S/C21H23N7O2/c1-15-7-9-16(10-8-15)18(29)26-27-20-23-19(22-17-5-3-2-4-6-17)24-21(25-20)28-11-13-30-14-12-28/h2-10H,11-14H2,1H3,(H,26,29)(H2,22,23,24,25,27). The Morgan fingerprint density at radius 1 is 0.933 bits per heavy atom. The van der Waals surface area contributed by atoms with Gasteiger partial charge in [0, 0.05) is 24.3 Å². The van der Waals surface area contributed by atoms with Crippen LogP contribution in [0.4, 0.5) is 23.5 Å². The summed E-state index contributed by atoms with van der Waals surface area (Å²) in [5.74, 6) is 0.856. The summed E-state index contributed by atoms with van der Waals surface area (Å²) < 4.78 is 5.41. The summed E-state index contributed by atoms with van der Waals surface area (Å²) in [6, 6.07) is 16.9. The number of rotatable bonds is 6. The van der Waals surface area contributed by atoms with E-state index in [-0.39, 0.29) is 11.9 Å². The number of anilines is 4. The molecule has 0 unspecified atom stereocenters. The van der Waals surface area contributed by atoms with Gasteiger partial charge >= 0.3 is 0 Å². The number of hydrazine groups is 1. The molecule has 9 nitrogen and oxygen atoms in total. The van der Waals surface area contributed by atoms with E-state index in [1.165, 1.54) is 0 Å². The van der Waals surface area contributed by atoms with E-state index in [2.05, 4.69) is 31.1 Å². The predicted octanol–water partition coefficient (Wildman–Crippen LogP) is 2.52. The van der Waals surface area contributed by atoms with Gasteiger partial charge < -0.3 is 15.0 Å². The third kappa shape index (κ3) is 5.00. The van der Waals surface area contributed by atoms with Crippen LogP contribution < -0.4 is 21.1 Å². The van der Waals surface area contributed by atoms with Gasteiger partial charge in [-0.2, -0.15) is 15.0 Å². The third-order valence-electron chi connectivity index (χ3n) is 4.55. The summed E-state index contributed by atoms with van der Waals surface area (Å²) in [6.45, 7) is 4.56. The molecule has 9 heteroatoms. The number of benzene rings is 2. The lowest BCUT2D eigenvalue weighted by molar-refractivity contribution is 0.0962. The Labute approximate surface area is 174 Å². The molecule has 0 bridgehead atoms. The van der Waals surface area contributed by atoms with Gasteiger partial charge in [-0.05, 0) is 31.2 Å². The van der Waals surface area contributed by atoms with Crippen molar-refractivity contribution < 1.29 is 9.53 Å². The van der Waals surface area contributed by atoms with Gasteiger partial charge in [-0.3, -0.25) is 15.6 Å². The highest BCUT2D eigenvalue weighted by Gasteiger charge is 2.17. The minimum atomic E-state index is -0.277. The first-order valence-electron chi connectivity index (χ1n) is 9.71. The lowest BCUT2D eigenvalue weighted by Crippen LogP contribution is -2.38. The molecule has 1 aromatic heterocycles. The molecule has 1 saturated heterocycles. The topological polar surface area (TPSA) is 104 Å². The molecule has 2 aromatic carbocycles. The Kier molecular flexibility index (Phi) is 6.00. The molecule has 0 spiro atoms. The van der Waals surface area contributed by atoms with Gasteiger partial charge in [0.25, 0.3) is 5.91 Å². The fraction of sp³-hybridized carbons (Fsp3) is 0.238. The van der Waals surface area contributed by atoms with Gasteiger partial charge in [0.2, 0.25) is 17.8 Å². The Morgan fingerprint density at radius 2 is 1.63 bits per heavy atom. The number of morpholine rings is 1. The van der Waals surface area contributed by atoms with Crippen LogP contribution in [0.3, 0.4) is 0 Å². The van der Waals surface area contributed by atoms with Crippen LogP contribution in [0.1, 0.15) is 15.9 Å². The molecule has 1 aliphatic rings. The molecule has 3 aromatic rings. The van der Waals surface area contributed by atoms with Crippen molar-refractivity contribution >= 4 is 29.4 Å². The lowest BCUT2D eigenvalue weighted by Gasteiger charge is -2.27. The minimum Gasteiger partial charge on any atom is -0.378 e. The Hall–Kier alpha value is -3.72. The lowest BCUT2D eigenvalue weighted by atomic mass is 10.1. The summed E-state index contributed by atoms with van der Waals surface area (Å²) in [5, 5.41) is 3.18. The molecule has 154 valence electrons. The zero-order valence-corrected chi connectivity index (χ0v) is 16.6. The second-order valence-corrected chi connectivity index (χ2v) is 6.82. The van der Waals surface area contributed by atoms with Crippen LogP contribution in [0.5, 0.6) is 0 Å². The van der Waals surface area contributed by atoms with Crippen molar-refractivity contribution in [2.24, 2.45) is 0 Å². The zero-order chi connectivity index (χ0) is 20.8. The van der Waals surface area contributed by atoms with Crippen LogP contribution in [0, 0.1) is 6.92 Å². The van der Waals surface area contributed by atoms with Crippen molar-refractivity contribution in [3.63, 3.8) is 0 Å². The number of amides is 1. The maximum atomic E-state index is 12.4. The molecule has 1 fully saturated rings. The maximum absolute atomic E-state index is 12.4. The highest BCUT2D eigenvalue weighted by molar-refractivity contribution is 5.94. The molecular weight excluding hydrogens is 382 g/mol. The number of para-hydroxylation sites is 1. The predicted molar refractivity (Wildman–Crippen MR) is 115 cm³/mol. The van der Waals surface area contributed by atoms with E-state index in [9.17, 15) is 4.79 Å². The van der Waals surface area contributed by atoms with E-state index in [1.54, 1.807) is 12.1 Å². The second-order valence-electron chi connectivity index (χ2n) is 6.82. The first-order valence-corrected chi connectivity index (χ1v) is 9.71. The van der Waals surface area contributed by atoms with Crippen molar-refractivity contribution in [1.82, 2.24) is 20.4 Å². The number of hydrogen-bond donors (Lipinski definition) is 3. The summed E-state index contributed by atoms with van der Waals surface area (Å²) in [4.78, 5) is 27.8. The molecule has 3 N–H and O–H groups in total. The molecule has 0 radical (unpaired) electrons. The fourth-order valence-corrected chi connectivity index (χ4v) is 2.92. The molecule has 0 atom stereocenters. The van der Waals surface area contributed by atoms with E-state index in [4.69, 9.17) is 4.74 Å². The summed E-state index contributed by atoms with van der Waals surface area (Å²) in [5.41, 5.74) is 7.93. The van der Waals surface area contributed by atoms with Crippen molar-refractivity contribution in [2.75, 3.05) is 41.9 Å². The van der Waals surface area contributed by atoms with Crippen molar-refractivity contribution in [1.29, 1.82) is 0 Å². The van der Waals surface area contributed by atoms with Crippen LogP contribution in [0.2, 0.25) is 0 Å². The zero-order valence-electron chi connectivity index (χ0n) is 16.6. The van der Waals surface area contributed by atoms with E-state index in [0.717, 1.165) is 11.3 Å². The molecule has 1 aliphatic heterocycles. The van der Waals surface area contributed by atoms with Crippen LogP contribution in [0.15, 0.2) is 54.6 Å². The number of aryl methyl sites for hydroxylation is 1. The van der Waals surface area contributed by atoms with Crippen LogP contribution >= 0.6 is 0 Å². The number of aromatic nitrogens is 3. The van der Waals surface area contributed by atoms with Gasteiger partial charge in [-0.1, -0.05) is 35.9 Å². The largest absolute Gasteiger partial charge is 0.378 e. The van der Waals surface area contributed by atoms with Crippen LogP contribution in [0.25, 0.3) is 0 Å². The smallest absolute Gasteiger partial charge is 0.269 e. The number of ether oxygens (including phenoxy) is 1. The Morgan fingerprint density at radius 3 is 2.37 bits per heavy atom. The van der Waals surface area contributed by atoms with Gasteiger partial charge in [0.05, 0.1) is 13.2 Å².